The lowest BCUT2D eigenvalue weighted by Crippen LogP contribution is -2.08. The minimum Gasteiger partial charge on any atom is -0.309 e. The summed E-state index contributed by atoms with van der Waals surface area (Å²) in [5.74, 6) is 0. The van der Waals surface area contributed by atoms with Crippen LogP contribution in [0.4, 0.5) is 0 Å². The number of hydrogen-bond donors (Lipinski definition) is 0. The van der Waals surface area contributed by atoms with Crippen LogP contribution in [0.1, 0.15) is 33.4 Å². The third-order valence-corrected chi connectivity index (χ3v) is 8.43. The molecule has 0 atom stereocenters. The van der Waals surface area contributed by atoms with Gasteiger partial charge in [0.2, 0.25) is 0 Å². The highest BCUT2D eigenvalue weighted by Crippen LogP contribution is 2.49. The maximum atomic E-state index is 2.53. The van der Waals surface area contributed by atoms with Crippen molar-refractivity contribution in [2.45, 2.75) is 19.3 Å². The van der Waals surface area contributed by atoms with E-state index in [1.807, 2.05) is 0 Å². The predicted octanol–water partition coefficient (Wildman–Crippen LogP) is 7.83. The fourth-order valence-corrected chi connectivity index (χ4v) is 7.04. The molecule has 6 aromatic rings. The van der Waals surface area contributed by atoms with Crippen molar-refractivity contribution in [1.29, 1.82) is 0 Å². The maximum absolute atomic E-state index is 2.53. The molecule has 1 aromatic heterocycles. The monoisotopic (exact) mass is 431 g/mol. The summed E-state index contributed by atoms with van der Waals surface area (Å²) in [4.78, 5) is 0. The zero-order chi connectivity index (χ0) is 22.0. The second kappa shape index (κ2) is 5.87. The Bertz CT molecular complexity index is 1880. The van der Waals surface area contributed by atoms with Crippen molar-refractivity contribution in [3.8, 4) is 27.9 Å². The third kappa shape index (κ3) is 1.98. The van der Waals surface area contributed by atoms with E-state index in [2.05, 4.69) is 95.6 Å². The molecule has 0 amide bonds. The topological polar surface area (TPSA) is 4.93 Å². The number of nitrogens with zero attached hydrogens (tertiary/aromatic N) is 1. The fourth-order valence-electron chi connectivity index (χ4n) is 7.04. The van der Waals surface area contributed by atoms with Crippen molar-refractivity contribution in [3.63, 3.8) is 0 Å². The van der Waals surface area contributed by atoms with Gasteiger partial charge in [-0.3, -0.25) is 0 Å². The molecule has 2 heterocycles. The largest absolute Gasteiger partial charge is 0.309 e. The molecule has 158 valence electrons. The first-order valence-electron chi connectivity index (χ1n) is 12.3. The Balaban J connectivity index is 1.32. The molecular weight excluding hydrogens is 410 g/mol. The molecule has 3 aliphatic rings. The van der Waals surface area contributed by atoms with Gasteiger partial charge in [-0.15, -0.1) is 0 Å². The maximum Gasteiger partial charge on any atom is 0.0576 e. The highest BCUT2D eigenvalue weighted by Gasteiger charge is 2.30. The molecule has 0 unspecified atom stereocenters. The van der Waals surface area contributed by atoms with Crippen molar-refractivity contribution in [1.82, 2.24) is 4.57 Å². The molecule has 1 heteroatoms. The SMILES string of the molecule is c1ccc2c(c1)Cc1ccc3c(c1-2)Cc1cc2c(cc1-3)Cc1cccc3c4ccccc4n-2c13. The van der Waals surface area contributed by atoms with Gasteiger partial charge in [-0.05, 0) is 86.7 Å². The zero-order valence-corrected chi connectivity index (χ0v) is 18.7. The average Bonchev–Trinajstić information content (AvgIpc) is 3.53. The first-order chi connectivity index (χ1) is 16.8. The van der Waals surface area contributed by atoms with Crippen LogP contribution in [0.5, 0.6) is 0 Å². The van der Waals surface area contributed by atoms with Crippen molar-refractivity contribution in [2.75, 3.05) is 0 Å². The van der Waals surface area contributed by atoms with E-state index in [0.29, 0.717) is 0 Å². The Morgan fingerprint density at radius 2 is 1.32 bits per heavy atom. The van der Waals surface area contributed by atoms with Crippen LogP contribution in [0, 0.1) is 0 Å². The number of fused-ring (bicyclic) bond motifs is 12. The van der Waals surface area contributed by atoms with Crippen LogP contribution in [0.3, 0.4) is 0 Å². The molecule has 0 saturated heterocycles. The highest BCUT2D eigenvalue weighted by atomic mass is 15.0. The highest BCUT2D eigenvalue weighted by molar-refractivity contribution is 6.11. The number of rotatable bonds is 0. The van der Waals surface area contributed by atoms with Crippen LogP contribution >= 0.6 is 0 Å². The van der Waals surface area contributed by atoms with Gasteiger partial charge in [0, 0.05) is 17.2 Å². The molecule has 0 radical (unpaired) electrons. The van der Waals surface area contributed by atoms with Crippen LogP contribution in [-0.2, 0) is 19.3 Å². The van der Waals surface area contributed by atoms with E-state index in [1.165, 1.54) is 83.1 Å². The molecule has 0 N–H and O–H groups in total. The van der Waals surface area contributed by atoms with Gasteiger partial charge in [0.15, 0.2) is 0 Å². The second-order valence-corrected chi connectivity index (χ2v) is 10.1. The van der Waals surface area contributed by atoms with Crippen molar-refractivity contribution in [3.05, 3.63) is 124 Å². The average molecular weight is 432 g/mol. The van der Waals surface area contributed by atoms with Crippen LogP contribution in [0.25, 0.3) is 49.7 Å². The molecule has 2 aliphatic carbocycles. The summed E-state index contributed by atoms with van der Waals surface area (Å²) in [5, 5.41) is 2.72. The van der Waals surface area contributed by atoms with E-state index in [0.717, 1.165) is 19.3 Å². The van der Waals surface area contributed by atoms with Gasteiger partial charge in [-0.2, -0.15) is 0 Å². The molecule has 0 spiro atoms. The Hall–Kier alpha value is -4.10. The molecule has 0 bridgehead atoms. The van der Waals surface area contributed by atoms with E-state index in [-0.39, 0.29) is 0 Å². The Kier molecular flexibility index (Phi) is 3.00. The lowest BCUT2D eigenvalue weighted by molar-refractivity contribution is 1.04. The first kappa shape index (κ1) is 17.4. The summed E-state index contributed by atoms with van der Waals surface area (Å²) in [6, 6.07) is 34.4. The van der Waals surface area contributed by atoms with Gasteiger partial charge < -0.3 is 4.57 Å². The molecule has 5 aromatic carbocycles. The second-order valence-electron chi connectivity index (χ2n) is 10.1. The van der Waals surface area contributed by atoms with Gasteiger partial charge in [-0.1, -0.05) is 72.8 Å². The lowest BCUT2D eigenvalue weighted by atomic mass is 9.93. The molecule has 1 aliphatic heterocycles. The van der Waals surface area contributed by atoms with E-state index in [1.54, 1.807) is 0 Å². The minimum atomic E-state index is 0.999. The predicted molar refractivity (Wildman–Crippen MR) is 140 cm³/mol. The van der Waals surface area contributed by atoms with Crippen molar-refractivity contribution in [2.24, 2.45) is 0 Å². The molecule has 0 fully saturated rings. The minimum absolute atomic E-state index is 0.999. The van der Waals surface area contributed by atoms with E-state index in [4.69, 9.17) is 0 Å². The van der Waals surface area contributed by atoms with Gasteiger partial charge in [0.25, 0.3) is 0 Å². The summed E-state index contributed by atoms with van der Waals surface area (Å²) in [7, 11) is 0. The number of aromatic nitrogens is 1. The first-order valence-corrected chi connectivity index (χ1v) is 12.3. The zero-order valence-electron chi connectivity index (χ0n) is 18.7. The van der Waals surface area contributed by atoms with Gasteiger partial charge in [0.05, 0.1) is 16.7 Å². The molecule has 0 saturated carbocycles. The Morgan fingerprint density at radius 1 is 0.500 bits per heavy atom. The summed E-state index contributed by atoms with van der Waals surface area (Å²) < 4.78 is 2.53. The summed E-state index contributed by atoms with van der Waals surface area (Å²) >= 11 is 0. The number of hydrogen-bond acceptors (Lipinski definition) is 0. The smallest absolute Gasteiger partial charge is 0.0576 e. The van der Waals surface area contributed by atoms with E-state index >= 15 is 0 Å². The van der Waals surface area contributed by atoms with Gasteiger partial charge in [0.1, 0.15) is 0 Å². The van der Waals surface area contributed by atoms with Crippen molar-refractivity contribution < 1.29 is 0 Å². The summed E-state index contributed by atoms with van der Waals surface area (Å²) in [6.45, 7) is 0. The Labute approximate surface area is 197 Å². The van der Waals surface area contributed by atoms with E-state index < -0.39 is 0 Å². The Morgan fingerprint density at radius 3 is 2.32 bits per heavy atom. The van der Waals surface area contributed by atoms with Crippen LogP contribution in [0.2, 0.25) is 0 Å². The summed E-state index contributed by atoms with van der Waals surface area (Å²) in [6.07, 6.45) is 3.09. The normalized spacial score (nSPS) is 14.1. The van der Waals surface area contributed by atoms with Crippen LogP contribution in [-0.4, -0.2) is 4.57 Å². The fraction of sp³-hybridized carbons (Fsp3) is 0.0909. The quantitative estimate of drug-likeness (QED) is 0.231. The summed E-state index contributed by atoms with van der Waals surface area (Å²) in [5.41, 5.74) is 18.7. The standard InChI is InChI=1S/C33H21N/c1-2-8-24-19(6-1)14-20-12-13-25-28-17-23-15-21-7-5-10-27-26-9-3-4-11-30(26)34(33(21)27)31(23)18-22(28)16-29(25)32(20)24/h1-13,17-18H,14-16H2. The molecule has 34 heavy (non-hydrogen) atoms. The van der Waals surface area contributed by atoms with Gasteiger partial charge >= 0.3 is 0 Å². The van der Waals surface area contributed by atoms with Gasteiger partial charge in [-0.25, -0.2) is 0 Å². The number of benzene rings is 5. The van der Waals surface area contributed by atoms with Crippen LogP contribution < -0.4 is 0 Å². The van der Waals surface area contributed by atoms with E-state index in [9.17, 15) is 0 Å². The number of para-hydroxylation sites is 2. The molecule has 9 rings (SSSR count). The van der Waals surface area contributed by atoms with Crippen LogP contribution in [0.15, 0.2) is 91.0 Å². The third-order valence-electron chi connectivity index (χ3n) is 8.43. The molecule has 1 nitrogen and oxygen atoms in total. The van der Waals surface area contributed by atoms with Crippen molar-refractivity contribution >= 4 is 21.8 Å². The molecular formula is C33H21N. The lowest BCUT2D eigenvalue weighted by Gasteiger charge is -2.22.